The van der Waals surface area contributed by atoms with E-state index in [0.29, 0.717) is 17.6 Å². The normalized spacial score (nSPS) is 23.4. The average molecular weight is 293 g/mol. The SMILES string of the molecule is CN(C)CC1CC(O)CN1Cc1ccccc1C(N)=S. The maximum Gasteiger partial charge on any atom is 0.104 e. The zero-order valence-corrected chi connectivity index (χ0v) is 12.9. The zero-order chi connectivity index (χ0) is 14.7. The summed E-state index contributed by atoms with van der Waals surface area (Å²) >= 11 is 5.11. The highest BCUT2D eigenvalue weighted by Crippen LogP contribution is 2.22. The number of rotatable bonds is 5. The number of aliphatic hydroxyl groups excluding tert-OH is 1. The smallest absolute Gasteiger partial charge is 0.104 e. The molecule has 1 saturated heterocycles. The molecule has 0 spiro atoms. The number of β-amino-alcohol motifs (C(OH)–C–C–N with tert-alkyl or cyclic N) is 1. The van der Waals surface area contributed by atoms with Gasteiger partial charge in [0.05, 0.1) is 6.10 Å². The predicted molar refractivity (Wildman–Crippen MR) is 85.7 cm³/mol. The lowest BCUT2D eigenvalue weighted by Crippen LogP contribution is -2.37. The van der Waals surface area contributed by atoms with Gasteiger partial charge in [0.2, 0.25) is 0 Å². The molecule has 20 heavy (non-hydrogen) atoms. The lowest BCUT2D eigenvalue weighted by atomic mass is 10.1. The Balaban J connectivity index is 2.14. The van der Waals surface area contributed by atoms with Crippen LogP contribution in [0.4, 0.5) is 0 Å². The third kappa shape index (κ3) is 3.76. The van der Waals surface area contributed by atoms with E-state index in [9.17, 15) is 5.11 Å². The molecule has 110 valence electrons. The summed E-state index contributed by atoms with van der Waals surface area (Å²) in [6.07, 6.45) is 0.588. The molecule has 0 bridgehead atoms. The first kappa shape index (κ1) is 15.4. The van der Waals surface area contributed by atoms with Crippen LogP contribution in [-0.4, -0.2) is 59.2 Å². The van der Waals surface area contributed by atoms with Gasteiger partial charge in [-0.05, 0) is 26.1 Å². The van der Waals surface area contributed by atoms with Crippen LogP contribution in [0.5, 0.6) is 0 Å². The van der Waals surface area contributed by atoms with Crippen LogP contribution in [0.25, 0.3) is 0 Å². The lowest BCUT2D eigenvalue weighted by Gasteiger charge is -2.27. The quantitative estimate of drug-likeness (QED) is 0.787. The fourth-order valence-corrected chi connectivity index (χ4v) is 3.08. The van der Waals surface area contributed by atoms with E-state index in [1.54, 1.807) is 0 Å². The van der Waals surface area contributed by atoms with Gasteiger partial charge in [-0.1, -0.05) is 36.5 Å². The standard InChI is InChI=1S/C15H23N3OS/c1-17(2)9-12-7-13(19)10-18(12)8-11-5-3-4-6-14(11)15(16)20/h3-6,12-13,19H,7-10H2,1-2H3,(H2,16,20). The summed E-state index contributed by atoms with van der Waals surface area (Å²) in [6.45, 7) is 2.44. The van der Waals surface area contributed by atoms with Crippen LogP contribution >= 0.6 is 12.2 Å². The molecule has 2 unspecified atom stereocenters. The Labute approximate surface area is 126 Å². The first-order valence-corrected chi connectivity index (χ1v) is 7.32. The van der Waals surface area contributed by atoms with Gasteiger partial charge < -0.3 is 15.7 Å². The van der Waals surface area contributed by atoms with Gasteiger partial charge in [0.15, 0.2) is 0 Å². The predicted octanol–water partition coefficient (Wildman–Crippen LogP) is 0.818. The van der Waals surface area contributed by atoms with Gasteiger partial charge in [-0.25, -0.2) is 0 Å². The van der Waals surface area contributed by atoms with Gasteiger partial charge in [0.25, 0.3) is 0 Å². The monoisotopic (exact) mass is 293 g/mol. The fourth-order valence-electron chi connectivity index (χ4n) is 2.88. The number of nitrogens with two attached hydrogens (primary N) is 1. The number of aliphatic hydroxyl groups is 1. The van der Waals surface area contributed by atoms with Crippen molar-refractivity contribution in [2.75, 3.05) is 27.2 Å². The number of likely N-dealkylation sites (N-methyl/N-ethyl adjacent to an activating group) is 1. The minimum Gasteiger partial charge on any atom is -0.392 e. The van der Waals surface area contributed by atoms with Crippen LogP contribution in [-0.2, 0) is 6.54 Å². The topological polar surface area (TPSA) is 52.7 Å². The van der Waals surface area contributed by atoms with E-state index < -0.39 is 0 Å². The van der Waals surface area contributed by atoms with E-state index >= 15 is 0 Å². The second-order valence-electron chi connectivity index (χ2n) is 5.76. The van der Waals surface area contributed by atoms with E-state index in [1.807, 2.05) is 18.2 Å². The first-order valence-electron chi connectivity index (χ1n) is 6.92. The molecule has 1 aromatic carbocycles. The first-order chi connectivity index (χ1) is 9.47. The van der Waals surface area contributed by atoms with Crippen molar-refractivity contribution >= 4 is 17.2 Å². The van der Waals surface area contributed by atoms with Gasteiger partial charge in [0.1, 0.15) is 4.99 Å². The van der Waals surface area contributed by atoms with E-state index in [4.69, 9.17) is 18.0 Å². The summed E-state index contributed by atoms with van der Waals surface area (Å²) in [6, 6.07) is 8.36. The average Bonchev–Trinajstić information content (AvgIpc) is 2.69. The van der Waals surface area contributed by atoms with E-state index in [1.165, 1.54) is 0 Å². The molecule has 1 aliphatic heterocycles. The van der Waals surface area contributed by atoms with Crippen LogP contribution in [0.3, 0.4) is 0 Å². The summed E-state index contributed by atoms with van der Waals surface area (Å²) in [7, 11) is 4.12. The van der Waals surface area contributed by atoms with Crippen molar-refractivity contribution < 1.29 is 5.11 Å². The summed E-state index contributed by atoms with van der Waals surface area (Å²) in [5, 5.41) is 9.93. The molecule has 1 heterocycles. The van der Waals surface area contributed by atoms with Crippen molar-refractivity contribution in [3.05, 3.63) is 35.4 Å². The van der Waals surface area contributed by atoms with Gasteiger partial charge in [0, 0.05) is 31.2 Å². The Kier molecular flexibility index (Phi) is 5.10. The third-order valence-electron chi connectivity index (χ3n) is 3.74. The van der Waals surface area contributed by atoms with Gasteiger partial charge >= 0.3 is 0 Å². The highest BCUT2D eigenvalue weighted by molar-refractivity contribution is 7.80. The van der Waals surface area contributed by atoms with Crippen molar-refractivity contribution in [1.82, 2.24) is 9.80 Å². The molecule has 1 aromatic rings. The Bertz CT molecular complexity index is 478. The second kappa shape index (κ2) is 6.63. The molecule has 1 aliphatic rings. The van der Waals surface area contributed by atoms with Crippen LogP contribution in [0.2, 0.25) is 0 Å². The van der Waals surface area contributed by atoms with Crippen LogP contribution in [0.1, 0.15) is 17.5 Å². The number of nitrogens with zero attached hydrogens (tertiary/aromatic N) is 2. The molecule has 1 fully saturated rings. The maximum atomic E-state index is 9.93. The molecular formula is C15H23N3OS. The molecular weight excluding hydrogens is 270 g/mol. The lowest BCUT2D eigenvalue weighted by molar-refractivity contribution is 0.169. The van der Waals surface area contributed by atoms with Crippen molar-refractivity contribution in [1.29, 1.82) is 0 Å². The molecule has 3 N–H and O–H groups in total. The van der Waals surface area contributed by atoms with Gasteiger partial charge in [-0.15, -0.1) is 0 Å². The Morgan fingerprint density at radius 3 is 2.80 bits per heavy atom. The highest BCUT2D eigenvalue weighted by atomic mass is 32.1. The van der Waals surface area contributed by atoms with Crippen molar-refractivity contribution in [2.24, 2.45) is 5.73 Å². The van der Waals surface area contributed by atoms with E-state index in [2.05, 4.69) is 30.0 Å². The number of hydrogen-bond acceptors (Lipinski definition) is 4. The Hall–Kier alpha value is -1.01. The summed E-state index contributed by atoms with van der Waals surface area (Å²) < 4.78 is 0. The number of hydrogen-bond donors (Lipinski definition) is 2. The van der Waals surface area contributed by atoms with E-state index in [-0.39, 0.29) is 6.10 Å². The van der Waals surface area contributed by atoms with Crippen molar-refractivity contribution in [2.45, 2.75) is 25.1 Å². The Morgan fingerprint density at radius 2 is 2.15 bits per heavy atom. The highest BCUT2D eigenvalue weighted by Gasteiger charge is 2.31. The van der Waals surface area contributed by atoms with Crippen LogP contribution in [0.15, 0.2) is 24.3 Å². The number of thiocarbonyl (C=S) groups is 1. The van der Waals surface area contributed by atoms with Gasteiger partial charge in [-0.2, -0.15) is 0 Å². The maximum absolute atomic E-state index is 9.93. The molecule has 0 amide bonds. The molecule has 2 atom stereocenters. The molecule has 4 nitrogen and oxygen atoms in total. The third-order valence-corrected chi connectivity index (χ3v) is 3.96. The number of benzene rings is 1. The minimum absolute atomic E-state index is 0.239. The number of likely N-dealkylation sites (tertiary alicyclic amines) is 1. The minimum atomic E-state index is -0.239. The Morgan fingerprint density at radius 1 is 1.45 bits per heavy atom. The largest absolute Gasteiger partial charge is 0.392 e. The zero-order valence-electron chi connectivity index (χ0n) is 12.1. The molecule has 5 heteroatoms. The van der Waals surface area contributed by atoms with Crippen molar-refractivity contribution in [3.8, 4) is 0 Å². The fraction of sp³-hybridized carbons (Fsp3) is 0.533. The second-order valence-corrected chi connectivity index (χ2v) is 6.20. The molecule has 0 saturated carbocycles. The summed E-state index contributed by atoms with van der Waals surface area (Å²) in [4.78, 5) is 4.92. The van der Waals surface area contributed by atoms with Crippen molar-refractivity contribution in [3.63, 3.8) is 0 Å². The van der Waals surface area contributed by atoms with Crippen LogP contribution < -0.4 is 5.73 Å². The molecule has 0 aromatic heterocycles. The summed E-state index contributed by atoms with van der Waals surface area (Å²) in [5.74, 6) is 0. The van der Waals surface area contributed by atoms with E-state index in [0.717, 1.165) is 30.6 Å². The molecule has 0 aliphatic carbocycles. The molecule has 0 radical (unpaired) electrons. The van der Waals surface area contributed by atoms with Gasteiger partial charge in [-0.3, -0.25) is 4.90 Å². The molecule has 2 rings (SSSR count). The van der Waals surface area contributed by atoms with Crippen LogP contribution in [0, 0.1) is 0 Å². The summed E-state index contributed by atoms with van der Waals surface area (Å²) in [5.41, 5.74) is 7.86.